The second kappa shape index (κ2) is 9.61. The van der Waals surface area contributed by atoms with Gasteiger partial charge in [-0.2, -0.15) is 0 Å². The zero-order chi connectivity index (χ0) is 20.0. The van der Waals surface area contributed by atoms with Crippen LogP contribution in [0.25, 0.3) is 0 Å². The molecule has 0 aromatic heterocycles. The number of halogens is 1. The van der Waals surface area contributed by atoms with Crippen LogP contribution in [0, 0.1) is 0 Å². The molecular weight excluding hydrogens is 392 g/mol. The average molecular weight is 419 g/mol. The molecule has 0 radical (unpaired) electrons. The Kier molecular flexibility index (Phi) is 7.76. The van der Waals surface area contributed by atoms with Gasteiger partial charge in [-0.3, -0.25) is 9.69 Å². The number of carbonyl (C=O) groups excluding carboxylic acids is 1. The van der Waals surface area contributed by atoms with E-state index in [9.17, 15) is 13.2 Å². The standard InChI is InChI=1S/C18H27ClN2O5S/c1-4-10-26-17-15(19)12-14(13-16(17)25-2)18(22)21-7-5-20(6-8-21)9-11-27(3,23)24/h12-13H,4-11H2,1-3H3. The van der Waals surface area contributed by atoms with Gasteiger partial charge in [0.2, 0.25) is 0 Å². The molecule has 152 valence electrons. The smallest absolute Gasteiger partial charge is 0.254 e. The van der Waals surface area contributed by atoms with E-state index in [-0.39, 0.29) is 11.7 Å². The summed E-state index contributed by atoms with van der Waals surface area (Å²) in [6, 6.07) is 3.25. The number of ether oxygens (including phenoxy) is 2. The van der Waals surface area contributed by atoms with Gasteiger partial charge in [-0.25, -0.2) is 8.42 Å². The van der Waals surface area contributed by atoms with Gasteiger partial charge in [0.05, 0.1) is 24.5 Å². The van der Waals surface area contributed by atoms with E-state index in [0.29, 0.717) is 61.4 Å². The van der Waals surface area contributed by atoms with Crippen LogP contribution in [0.3, 0.4) is 0 Å². The van der Waals surface area contributed by atoms with E-state index in [1.165, 1.54) is 13.4 Å². The second-order valence-corrected chi connectivity index (χ2v) is 9.27. The molecule has 1 fully saturated rings. The number of nitrogens with zero attached hydrogens (tertiary/aromatic N) is 2. The summed E-state index contributed by atoms with van der Waals surface area (Å²) < 4.78 is 33.5. The summed E-state index contributed by atoms with van der Waals surface area (Å²) in [6.07, 6.45) is 2.07. The van der Waals surface area contributed by atoms with E-state index in [0.717, 1.165) is 6.42 Å². The lowest BCUT2D eigenvalue weighted by atomic mass is 10.1. The SMILES string of the molecule is CCCOc1c(Cl)cc(C(=O)N2CCN(CCS(C)(=O)=O)CC2)cc1OC. The number of methoxy groups -OCH3 is 1. The lowest BCUT2D eigenvalue weighted by Crippen LogP contribution is -2.49. The topological polar surface area (TPSA) is 76.2 Å². The number of piperazine rings is 1. The van der Waals surface area contributed by atoms with Crippen molar-refractivity contribution in [3.05, 3.63) is 22.7 Å². The molecule has 0 aliphatic carbocycles. The van der Waals surface area contributed by atoms with Crippen molar-refractivity contribution in [1.29, 1.82) is 0 Å². The van der Waals surface area contributed by atoms with E-state index in [4.69, 9.17) is 21.1 Å². The summed E-state index contributed by atoms with van der Waals surface area (Å²) in [5.41, 5.74) is 0.449. The van der Waals surface area contributed by atoms with Crippen molar-refractivity contribution < 1.29 is 22.7 Å². The second-order valence-electron chi connectivity index (χ2n) is 6.60. The first-order chi connectivity index (χ1) is 12.7. The quantitative estimate of drug-likeness (QED) is 0.642. The molecule has 0 saturated carbocycles. The van der Waals surface area contributed by atoms with E-state index in [2.05, 4.69) is 4.90 Å². The summed E-state index contributed by atoms with van der Waals surface area (Å²) in [5, 5.41) is 0.345. The minimum atomic E-state index is -2.98. The molecule has 1 amide bonds. The predicted molar refractivity (Wildman–Crippen MR) is 106 cm³/mol. The number of rotatable bonds is 8. The third kappa shape index (κ3) is 6.26. The first-order valence-corrected chi connectivity index (χ1v) is 11.4. The Morgan fingerprint density at radius 2 is 1.89 bits per heavy atom. The van der Waals surface area contributed by atoms with Crippen LogP contribution in [0.2, 0.25) is 5.02 Å². The van der Waals surface area contributed by atoms with Crippen molar-refractivity contribution in [2.75, 3.05) is 58.4 Å². The first kappa shape index (κ1) is 21.8. The van der Waals surface area contributed by atoms with Gasteiger partial charge in [0.1, 0.15) is 9.84 Å². The van der Waals surface area contributed by atoms with Crippen molar-refractivity contribution in [2.45, 2.75) is 13.3 Å². The van der Waals surface area contributed by atoms with Crippen molar-refractivity contribution in [2.24, 2.45) is 0 Å². The van der Waals surface area contributed by atoms with Crippen molar-refractivity contribution >= 4 is 27.3 Å². The minimum absolute atomic E-state index is 0.125. The van der Waals surface area contributed by atoms with Crippen LogP contribution in [0.15, 0.2) is 12.1 Å². The minimum Gasteiger partial charge on any atom is -0.493 e. The maximum atomic E-state index is 12.8. The molecule has 0 bridgehead atoms. The predicted octanol–water partition coefficient (Wildman–Crippen LogP) is 1.94. The van der Waals surface area contributed by atoms with Gasteiger partial charge in [0, 0.05) is 44.5 Å². The molecule has 1 aliphatic rings. The third-order valence-electron chi connectivity index (χ3n) is 4.36. The van der Waals surface area contributed by atoms with Gasteiger partial charge in [-0.05, 0) is 18.6 Å². The monoisotopic (exact) mass is 418 g/mol. The van der Waals surface area contributed by atoms with Crippen molar-refractivity contribution in [1.82, 2.24) is 9.80 Å². The van der Waals surface area contributed by atoms with Gasteiger partial charge in [0.25, 0.3) is 5.91 Å². The Morgan fingerprint density at radius 1 is 1.22 bits per heavy atom. The lowest BCUT2D eigenvalue weighted by molar-refractivity contribution is 0.0643. The van der Waals surface area contributed by atoms with Crippen molar-refractivity contribution in [3.63, 3.8) is 0 Å². The Morgan fingerprint density at radius 3 is 2.44 bits per heavy atom. The highest BCUT2D eigenvalue weighted by Gasteiger charge is 2.24. The highest BCUT2D eigenvalue weighted by molar-refractivity contribution is 7.90. The van der Waals surface area contributed by atoms with Crippen LogP contribution in [0.4, 0.5) is 0 Å². The molecule has 1 aromatic carbocycles. The summed E-state index contributed by atoms with van der Waals surface area (Å²) in [6.45, 7) is 5.36. The van der Waals surface area contributed by atoms with Gasteiger partial charge in [0.15, 0.2) is 11.5 Å². The maximum absolute atomic E-state index is 12.8. The molecule has 7 nitrogen and oxygen atoms in total. The molecule has 27 heavy (non-hydrogen) atoms. The largest absolute Gasteiger partial charge is 0.493 e. The van der Waals surface area contributed by atoms with Crippen LogP contribution in [-0.2, 0) is 9.84 Å². The molecule has 0 spiro atoms. The van der Waals surface area contributed by atoms with E-state index in [1.807, 2.05) is 6.92 Å². The zero-order valence-electron chi connectivity index (χ0n) is 16.0. The Balaban J connectivity index is 2.03. The van der Waals surface area contributed by atoms with Crippen LogP contribution in [0.5, 0.6) is 11.5 Å². The summed E-state index contributed by atoms with van der Waals surface area (Å²) in [5.74, 6) is 0.890. The third-order valence-corrected chi connectivity index (χ3v) is 5.57. The van der Waals surface area contributed by atoms with E-state index >= 15 is 0 Å². The number of benzene rings is 1. The zero-order valence-corrected chi connectivity index (χ0v) is 17.6. The molecule has 9 heteroatoms. The molecule has 1 heterocycles. The van der Waals surface area contributed by atoms with Gasteiger partial charge < -0.3 is 14.4 Å². The van der Waals surface area contributed by atoms with E-state index < -0.39 is 9.84 Å². The molecule has 2 rings (SSSR count). The van der Waals surface area contributed by atoms with Crippen LogP contribution in [0.1, 0.15) is 23.7 Å². The fraction of sp³-hybridized carbons (Fsp3) is 0.611. The number of hydrogen-bond acceptors (Lipinski definition) is 6. The number of hydrogen-bond donors (Lipinski definition) is 0. The molecule has 1 saturated heterocycles. The molecule has 0 N–H and O–H groups in total. The fourth-order valence-corrected chi connectivity index (χ4v) is 3.69. The summed E-state index contributed by atoms with van der Waals surface area (Å²) >= 11 is 6.30. The van der Waals surface area contributed by atoms with Crippen LogP contribution >= 0.6 is 11.6 Å². The molecule has 1 aliphatic heterocycles. The van der Waals surface area contributed by atoms with Gasteiger partial charge in [-0.15, -0.1) is 0 Å². The van der Waals surface area contributed by atoms with E-state index in [1.54, 1.807) is 17.0 Å². The average Bonchev–Trinajstić information content (AvgIpc) is 2.64. The Labute approximate surface area is 166 Å². The Hall–Kier alpha value is -1.51. The molecule has 0 unspecified atom stereocenters. The van der Waals surface area contributed by atoms with Gasteiger partial charge in [-0.1, -0.05) is 18.5 Å². The molecular formula is C18H27ClN2O5S. The summed E-state index contributed by atoms with van der Waals surface area (Å²) in [7, 11) is -1.47. The van der Waals surface area contributed by atoms with Crippen LogP contribution < -0.4 is 9.47 Å². The van der Waals surface area contributed by atoms with Crippen molar-refractivity contribution in [3.8, 4) is 11.5 Å². The lowest BCUT2D eigenvalue weighted by Gasteiger charge is -2.34. The first-order valence-electron chi connectivity index (χ1n) is 8.95. The highest BCUT2D eigenvalue weighted by Crippen LogP contribution is 2.36. The number of sulfone groups is 1. The highest BCUT2D eigenvalue weighted by atomic mass is 35.5. The van der Waals surface area contributed by atoms with Gasteiger partial charge >= 0.3 is 0 Å². The Bertz CT molecular complexity index is 761. The fourth-order valence-electron chi connectivity index (χ4n) is 2.84. The number of carbonyl (C=O) groups is 1. The normalized spacial score (nSPS) is 15.6. The summed E-state index contributed by atoms with van der Waals surface area (Å²) in [4.78, 5) is 16.6. The maximum Gasteiger partial charge on any atom is 0.254 e. The number of amides is 1. The van der Waals surface area contributed by atoms with Crippen LogP contribution in [-0.4, -0.2) is 82.6 Å². The molecule has 0 atom stereocenters. The molecule has 1 aromatic rings.